The first-order chi connectivity index (χ1) is 14.1. The molecule has 0 bridgehead atoms. The van der Waals surface area contributed by atoms with Crippen LogP contribution in [0.25, 0.3) is 15.9 Å². The number of nitrogens with two attached hydrogens (primary N) is 1. The number of alkyl halides is 3. The summed E-state index contributed by atoms with van der Waals surface area (Å²) in [6.07, 6.45) is -5.55. The summed E-state index contributed by atoms with van der Waals surface area (Å²) in [4.78, 5) is 7.96. The fourth-order valence-corrected chi connectivity index (χ4v) is 4.52. The van der Waals surface area contributed by atoms with Crippen molar-refractivity contribution in [3.63, 3.8) is 0 Å². The Hall–Kier alpha value is -2.37. The standard InChI is InChI=1S/C18H12BrClF3N5OS/c1-8-4-5-28(27-8)12-6-9(20)2-3-10(12)15(18(21,22)23)29-16-14-13(11(19)7-30-14)25-17(24)26-16/h2-7,15H,1H3,(H2,24,25,26). The van der Waals surface area contributed by atoms with Crippen LogP contribution in [0.3, 0.4) is 0 Å². The van der Waals surface area contributed by atoms with E-state index < -0.39 is 12.3 Å². The Bertz CT molecular complexity index is 1240. The summed E-state index contributed by atoms with van der Waals surface area (Å²) in [5.74, 6) is -0.454. The third-order valence-electron chi connectivity index (χ3n) is 4.13. The lowest BCUT2D eigenvalue weighted by molar-refractivity contribution is -0.198. The van der Waals surface area contributed by atoms with E-state index in [2.05, 4.69) is 31.0 Å². The van der Waals surface area contributed by atoms with Crippen molar-refractivity contribution in [1.29, 1.82) is 0 Å². The van der Waals surface area contributed by atoms with Crippen LogP contribution in [0, 0.1) is 6.92 Å². The Morgan fingerprint density at radius 2 is 2.03 bits per heavy atom. The lowest BCUT2D eigenvalue weighted by Crippen LogP contribution is -2.28. The van der Waals surface area contributed by atoms with E-state index in [0.717, 1.165) is 11.3 Å². The first-order valence-corrected chi connectivity index (χ1v) is 10.4. The van der Waals surface area contributed by atoms with Gasteiger partial charge < -0.3 is 10.5 Å². The number of ether oxygens (including phenoxy) is 1. The number of nitrogens with zero attached hydrogens (tertiary/aromatic N) is 4. The highest BCUT2D eigenvalue weighted by atomic mass is 79.9. The van der Waals surface area contributed by atoms with Crippen LogP contribution in [0.5, 0.6) is 5.88 Å². The first kappa shape index (κ1) is 20.9. The predicted octanol–water partition coefficient (Wildman–Crippen LogP) is 5.87. The molecule has 30 heavy (non-hydrogen) atoms. The Balaban J connectivity index is 1.87. The molecule has 6 nitrogen and oxygen atoms in total. The van der Waals surface area contributed by atoms with E-state index in [0.29, 0.717) is 20.4 Å². The highest BCUT2D eigenvalue weighted by molar-refractivity contribution is 9.10. The number of aromatic nitrogens is 4. The largest absolute Gasteiger partial charge is 0.458 e. The van der Waals surface area contributed by atoms with E-state index in [1.807, 2.05) is 0 Å². The minimum Gasteiger partial charge on any atom is -0.458 e. The molecular weight excluding hydrogens is 507 g/mol. The van der Waals surface area contributed by atoms with Crippen molar-refractivity contribution >= 4 is 55.0 Å². The number of thiophene rings is 1. The average molecular weight is 519 g/mol. The summed E-state index contributed by atoms with van der Waals surface area (Å²) in [5, 5.41) is 6.14. The van der Waals surface area contributed by atoms with Crippen LogP contribution in [-0.4, -0.2) is 25.9 Å². The monoisotopic (exact) mass is 517 g/mol. The zero-order chi connectivity index (χ0) is 21.6. The van der Waals surface area contributed by atoms with E-state index in [1.54, 1.807) is 24.6 Å². The molecular formula is C18H12BrClF3N5OS. The summed E-state index contributed by atoms with van der Waals surface area (Å²) in [7, 11) is 0. The van der Waals surface area contributed by atoms with Gasteiger partial charge in [0.25, 0.3) is 0 Å². The number of benzene rings is 1. The number of fused-ring (bicyclic) bond motifs is 1. The molecule has 156 valence electrons. The molecule has 0 amide bonds. The summed E-state index contributed by atoms with van der Waals surface area (Å²) < 4.78 is 50.1. The molecule has 4 aromatic rings. The Morgan fingerprint density at radius 3 is 2.70 bits per heavy atom. The van der Waals surface area contributed by atoms with Crippen LogP contribution in [-0.2, 0) is 0 Å². The molecule has 0 aliphatic heterocycles. The predicted molar refractivity (Wildman–Crippen MR) is 112 cm³/mol. The molecule has 0 saturated heterocycles. The van der Waals surface area contributed by atoms with Crippen molar-refractivity contribution in [3.05, 3.63) is 56.6 Å². The third kappa shape index (κ3) is 3.96. The SMILES string of the molecule is Cc1ccn(-c2cc(Cl)ccc2C(Oc2nc(N)nc3c(Br)csc23)C(F)(F)F)n1. The molecule has 0 fully saturated rings. The van der Waals surface area contributed by atoms with Gasteiger partial charge in [0.2, 0.25) is 17.9 Å². The molecule has 0 radical (unpaired) electrons. The summed E-state index contributed by atoms with van der Waals surface area (Å²) in [6, 6.07) is 5.70. The molecule has 1 atom stereocenters. The number of aryl methyl sites for hydroxylation is 1. The van der Waals surface area contributed by atoms with E-state index in [-0.39, 0.29) is 28.1 Å². The average Bonchev–Trinajstić information content (AvgIpc) is 3.25. The third-order valence-corrected chi connectivity index (χ3v) is 6.23. The van der Waals surface area contributed by atoms with Crippen LogP contribution in [0.1, 0.15) is 17.4 Å². The van der Waals surface area contributed by atoms with Crippen LogP contribution < -0.4 is 10.5 Å². The molecule has 1 unspecified atom stereocenters. The minimum atomic E-state index is -4.76. The number of hydrogen-bond donors (Lipinski definition) is 1. The van der Waals surface area contributed by atoms with Crippen molar-refractivity contribution in [2.45, 2.75) is 19.2 Å². The van der Waals surface area contributed by atoms with Gasteiger partial charge in [-0.2, -0.15) is 23.3 Å². The lowest BCUT2D eigenvalue weighted by Gasteiger charge is -2.24. The van der Waals surface area contributed by atoms with Gasteiger partial charge in [0, 0.05) is 22.2 Å². The molecule has 3 heterocycles. The molecule has 3 aromatic heterocycles. The van der Waals surface area contributed by atoms with E-state index >= 15 is 0 Å². The number of anilines is 1. The summed E-state index contributed by atoms with van der Waals surface area (Å²) in [6.45, 7) is 1.73. The van der Waals surface area contributed by atoms with Crippen molar-refractivity contribution in [3.8, 4) is 11.6 Å². The van der Waals surface area contributed by atoms with Crippen LogP contribution in [0.4, 0.5) is 19.1 Å². The fraction of sp³-hybridized carbons (Fsp3) is 0.167. The molecule has 4 rings (SSSR count). The maximum absolute atomic E-state index is 14.1. The maximum atomic E-state index is 14.1. The topological polar surface area (TPSA) is 78.9 Å². The Labute approximate surface area is 185 Å². The molecule has 0 saturated carbocycles. The molecule has 0 aliphatic carbocycles. The van der Waals surface area contributed by atoms with E-state index in [9.17, 15) is 13.2 Å². The zero-order valence-electron chi connectivity index (χ0n) is 15.1. The van der Waals surface area contributed by atoms with Gasteiger partial charge in [-0.3, -0.25) is 0 Å². The number of hydrogen-bond acceptors (Lipinski definition) is 6. The Morgan fingerprint density at radius 1 is 1.27 bits per heavy atom. The zero-order valence-corrected chi connectivity index (χ0v) is 18.3. The van der Waals surface area contributed by atoms with Gasteiger partial charge in [0.15, 0.2) is 0 Å². The highest BCUT2D eigenvalue weighted by Crippen LogP contribution is 2.42. The second-order valence-electron chi connectivity index (χ2n) is 6.29. The smallest absolute Gasteiger partial charge is 0.429 e. The van der Waals surface area contributed by atoms with Gasteiger partial charge in [-0.15, -0.1) is 11.3 Å². The van der Waals surface area contributed by atoms with E-state index in [4.69, 9.17) is 22.1 Å². The van der Waals surface area contributed by atoms with E-state index in [1.165, 1.54) is 22.9 Å². The quantitative estimate of drug-likeness (QED) is 0.366. The van der Waals surface area contributed by atoms with Gasteiger partial charge >= 0.3 is 6.18 Å². The van der Waals surface area contributed by atoms with Gasteiger partial charge in [-0.05, 0) is 41.1 Å². The maximum Gasteiger partial charge on any atom is 0.429 e. The fourth-order valence-electron chi connectivity index (χ4n) is 2.87. The van der Waals surface area contributed by atoms with Crippen molar-refractivity contribution in [1.82, 2.24) is 19.7 Å². The van der Waals surface area contributed by atoms with Crippen LogP contribution >= 0.6 is 38.9 Å². The molecule has 0 spiro atoms. The number of rotatable bonds is 4. The van der Waals surface area contributed by atoms with Crippen LogP contribution in [0.2, 0.25) is 5.02 Å². The van der Waals surface area contributed by atoms with Gasteiger partial charge in [-0.1, -0.05) is 17.7 Å². The first-order valence-electron chi connectivity index (χ1n) is 8.39. The molecule has 1 aromatic carbocycles. The molecule has 0 aliphatic rings. The molecule has 2 N–H and O–H groups in total. The van der Waals surface area contributed by atoms with Gasteiger partial charge in [0.1, 0.15) is 10.2 Å². The van der Waals surface area contributed by atoms with Gasteiger partial charge in [-0.25, -0.2) is 9.67 Å². The van der Waals surface area contributed by atoms with Gasteiger partial charge in [0.05, 0.1) is 15.9 Å². The normalized spacial score (nSPS) is 13.0. The highest BCUT2D eigenvalue weighted by Gasteiger charge is 2.45. The summed E-state index contributed by atoms with van der Waals surface area (Å²) >= 11 is 10.5. The summed E-state index contributed by atoms with van der Waals surface area (Å²) in [5.41, 5.74) is 6.68. The minimum absolute atomic E-state index is 0.142. The lowest BCUT2D eigenvalue weighted by atomic mass is 10.1. The van der Waals surface area contributed by atoms with Crippen molar-refractivity contribution < 1.29 is 17.9 Å². The molecule has 12 heteroatoms. The number of nitrogen functional groups attached to an aromatic ring is 1. The number of halogens is 5. The van der Waals surface area contributed by atoms with Crippen molar-refractivity contribution in [2.75, 3.05) is 5.73 Å². The van der Waals surface area contributed by atoms with Crippen molar-refractivity contribution in [2.24, 2.45) is 0 Å². The second-order valence-corrected chi connectivity index (χ2v) is 8.46. The van der Waals surface area contributed by atoms with Crippen LogP contribution in [0.15, 0.2) is 40.3 Å². The Kier molecular flexibility index (Phi) is 5.37. The second kappa shape index (κ2) is 7.71.